The lowest BCUT2D eigenvalue weighted by atomic mass is 9.78. The molecular formula is C14H17NO2. The number of benzene rings is 1. The average molecular weight is 231 g/mol. The molecule has 90 valence electrons. The zero-order valence-corrected chi connectivity index (χ0v) is 10.2. The van der Waals surface area contributed by atoms with E-state index in [9.17, 15) is 10.4 Å². The Morgan fingerprint density at radius 2 is 2.24 bits per heavy atom. The van der Waals surface area contributed by atoms with Gasteiger partial charge in [-0.15, -0.1) is 0 Å². The van der Waals surface area contributed by atoms with Crippen LogP contribution < -0.4 is 0 Å². The van der Waals surface area contributed by atoms with Crippen molar-refractivity contribution in [2.24, 2.45) is 5.41 Å². The minimum atomic E-state index is -0.778. The van der Waals surface area contributed by atoms with Crippen molar-refractivity contribution in [3.05, 3.63) is 34.9 Å². The Balaban J connectivity index is 2.36. The summed E-state index contributed by atoms with van der Waals surface area (Å²) in [6.45, 7) is 4.85. The second-order valence-electron chi connectivity index (χ2n) is 4.83. The van der Waals surface area contributed by atoms with Crippen molar-refractivity contribution in [3.8, 4) is 6.07 Å². The molecule has 1 heterocycles. The molecule has 1 N–H and O–H groups in total. The first kappa shape index (κ1) is 12.1. The van der Waals surface area contributed by atoms with Gasteiger partial charge in [-0.3, -0.25) is 0 Å². The Hall–Kier alpha value is -1.37. The molecule has 2 unspecified atom stereocenters. The van der Waals surface area contributed by atoms with Crippen LogP contribution in [-0.2, 0) is 4.74 Å². The van der Waals surface area contributed by atoms with Gasteiger partial charge in [-0.25, -0.2) is 0 Å². The van der Waals surface area contributed by atoms with Gasteiger partial charge in [0.2, 0.25) is 0 Å². The quantitative estimate of drug-likeness (QED) is 0.849. The molecule has 2 rings (SSSR count). The molecule has 1 aliphatic heterocycles. The van der Waals surface area contributed by atoms with Gasteiger partial charge in [0.1, 0.15) is 11.5 Å². The second kappa shape index (κ2) is 4.48. The van der Waals surface area contributed by atoms with Crippen LogP contribution in [0.25, 0.3) is 0 Å². The molecule has 0 aromatic heterocycles. The van der Waals surface area contributed by atoms with Gasteiger partial charge in [0, 0.05) is 6.61 Å². The van der Waals surface area contributed by atoms with Crippen LogP contribution in [0.1, 0.15) is 29.2 Å². The van der Waals surface area contributed by atoms with Crippen LogP contribution >= 0.6 is 0 Å². The van der Waals surface area contributed by atoms with Crippen LogP contribution in [0, 0.1) is 30.6 Å². The molecule has 0 bridgehead atoms. The SMILES string of the molecule is Cc1ccc(C(O)C2(C#N)CCOC2)c(C)c1. The fraction of sp³-hybridized carbons (Fsp3) is 0.500. The van der Waals surface area contributed by atoms with Crippen molar-refractivity contribution in [3.63, 3.8) is 0 Å². The standard InChI is InChI=1S/C14H17NO2/c1-10-3-4-12(11(2)7-10)13(16)14(8-15)5-6-17-9-14/h3-4,7,13,16H,5-6,9H2,1-2H3. The summed E-state index contributed by atoms with van der Waals surface area (Å²) in [7, 11) is 0. The summed E-state index contributed by atoms with van der Waals surface area (Å²) in [5.74, 6) is 0. The monoisotopic (exact) mass is 231 g/mol. The van der Waals surface area contributed by atoms with E-state index >= 15 is 0 Å². The molecule has 0 saturated carbocycles. The molecule has 17 heavy (non-hydrogen) atoms. The number of nitriles is 1. The van der Waals surface area contributed by atoms with Crippen molar-refractivity contribution >= 4 is 0 Å². The van der Waals surface area contributed by atoms with E-state index in [2.05, 4.69) is 6.07 Å². The summed E-state index contributed by atoms with van der Waals surface area (Å²) >= 11 is 0. The van der Waals surface area contributed by atoms with Gasteiger partial charge < -0.3 is 9.84 Å². The van der Waals surface area contributed by atoms with E-state index in [-0.39, 0.29) is 0 Å². The molecule has 3 nitrogen and oxygen atoms in total. The predicted octanol–water partition coefficient (Wildman–Crippen LogP) is 2.27. The zero-order valence-electron chi connectivity index (χ0n) is 10.2. The highest BCUT2D eigenvalue weighted by Crippen LogP contribution is 2.41. The highest BCUT2D eigenvalue weighted by molar-refractivity contribution is 5.34. The summed E-state index contributed by atoms with van der Waals surface area (Å²) in [6, 6.07) is 8.14. The van der Waals surface area contributed by atoms with Crippen molar-refractivity contribution < 1.29 is 9.84 Å². The topological polar surface area (TPSA) is 53.2 Å². The second-order valence-corrected chi connectivity index (χ2v) is 4.83. The van der Waals surface area contributed by atoms with Crippen LogP contribution in [0.3, 0.4) is 0 Å². The Morgan fingerprint density at radius 3 is 2.76 bits per heavy atom. The van der Waals surface area contributed by atoms with Gasteiger partial charge in [0.05, 0.1) is 12.7 Å². The maximum absolute atomic E-state index is 10.4. The maximum atomic E-state index is 10.4. The zero-order chi connectivity index (χ0) is 12.5. The lowest BCUT2D eigenvalue weighted by molar-refractivity contribution is 0.0499. The highest BCUT2D eigenvalue weighted by Gasteiger charge is 2.43. The van der Waals surface area contributed by atoms with Gasteiger partial charge in [-0.05, 0) is 31.4 Å². The van der Waals surface area contributed by atoms with E-state index in [1.807, 2.05) is 32.0 Å². The predicted molar refractivity (Wildman–Crippen MR) is 64.4 cm³/mol. The molecule has 1 saturated heterocycles. The van der Waals surface area contributed by atoms with E-state index in [1.54, 1.807) is 0 Å². The van der Waals surface area contributed by atoms with E-state index in [0.717, 1.165) is 16.7 Å². The van der Waals surface area contributed by atoms with Crippen LogP contribution in [0.2, 0.25) is 0 Å². The van der Waals surface area contributed by atoms with Gasteiger partial charge in [0.15, 0.2) is 0 Å². The number of aliphatic hydroxyl groups is 1. The number of hydrogen-bond donors (Lipinski definition) is 1. The Bertz CT molecular complexity index is 456. The van der Waals surface area contributed by atoms with E-state index in [0.29, 0.717) is 19.6 Å². The van der Waals surface area contributed by atoms with Gasteiger partial charge >= 0.3 is 0 Å². The third kappa shape index (κ3) is 2.06. The molecule has 1 aromatic carbocycles. The fourth-order valence-electron chi connectivity index (χ4n) is 2.38. The Kier molecular flexibility index (Phi) is 3.19. The third-order valence-electron chi connectivity index (χ3n) is 3.52. The number of rotatable bonds is 2. The number of nitrogens with zero attached hydrogens (tertiary/aromatic N) is 1. The molecule has 1 aliphatic rings. The number of aryl methyl sites for hydroxylation is 2. The molecule has 0 aliphatic carbocycles. The summed E-state index contributed by atoms with van der Waals surface area (Å²) in [6.07, 6.45) is -0.173. The molecule has 1 fully saturated rings. The van der Waals surface area contributed by atoms with Gasteiger partial charge in [0.25, 0.3) is 0 Å². The average Bonchev–Trinajstić information content (AvgIpc) is 2.78. The Morgan fingerprint density at radius 1 is 1.47 bits per heavy atom. The largest absolute Gasteiger partial charge is 0.387 e. The van der Waals surface area contributed by atoms with Crippen LogP contribution in [0.4, 0.5) is 0 Å². The smallest absolute Gasteiger partial charge is 0.113 e. The fourth-order valence-corrected chi connectivity index (χ4v) is 2.38. The first-order valence-corrected chi connectivity index (χ1v) is 5.83. The Labute approximate surface area is 102 Å². The molecule has 0 amide bonds. The van der Waals surface area contributed by atoms with Crippen molar-refractivity contribution in [1.82, 2.24) is 0 Å². The summed E-state index contributed by atoms with van der Waals surface area (Å²) in [4.78, 5) is 0. The van der Waals surface area contributed by atoms with Gasteiger partial charge in [-0.2, -0.15) is 5.26 Å². The lowest BCUT2D eigenvalue weighted by Crippen LogP contribution is -2.28. The minimum absolute atomic E-state index is 0.317. The number of hydrogen-bond acceptors (Lipinski definition) is 3. The van der Waals surface area contributed by atoms with Crippen molar-refractivity contribution in [2.75, 3.05) is 13.2 Å². The minimum Gasteiger partial charge on any atom is -0.387 e. The van der Waals surface area contributed by atoms with Crippen LogP contribution in [0.5, 0.6) is 0 Å². The third-order valence-corrected chi connectivity index (χ3v) is 3.52. The molecule has 0 spiro atoms. The molecule has 2 atom stereocenters. The normalized spacial score (nSPS) is 25.5. The molecule has 1 aromatic rings. The highest BCUT2D eigenvalue weighted by atomic mass is 16.5. The number of ether oxygens (including phenoxy) is 1. The van der Waals surface area contributed by atoms with E-state index < -0.39 is 11.5 Å². The van der Waals surface area contributed by atoms with Crippen LogP contribution in [-0.4, -0.2) is 18.3 Å². The summed E-state index contributed by atoms with van der Waals surface area (Å²) < 4.78 is 5.28. The molecule has 3 heteroatoms. The first-order chi connectivity index (χ1) is 8.09. The van der Waals surface area contributed by atoms with Crippen LogP contribution in [0.15, 0.2) is 18.2 Å². The molecular weight excluding hydrogens is 214 g/mol. The lowest BCUT2D eigenvalue weighted by Gasteiger charge is -2.27. The van der Waals surface area contributed by atoms with E-state index in [1.165, 1.54) is 0 Å². The summed E-state index contributed by atoms with van der Waals surface area (Å²) in [5.41, 5.74) is 2.24. The first-order valence-electron chi connectivity index (χ1n) is 5.83. The van der Waals surface area contributed by atoms with E-state index in [4.69, 9.17) is 4.74 Å². The van der Waals surface area contributed by atoms with Crippen molar-refractivity contribution in [2.45, 2.75) is 26.4 Å². The molecule has 0 radical (unpaired) electrons. The summed E-state index contributed by atoms with van der Waals surface area (Å²) in [5, 5.41) is 19.7. The maximum Gasteiger partial charge on any atom is 0.113 e. The van der Waals surface area contributed by atoms with Crippen molar-refractivity contribution in [1.29, 1.82) is 5.26 Å². The number of aliphatic hydroxyl groups excluding tert-OH is 1. The van der Waals surface area contributed by atoms with Gasteiger partial charge in [-0.1, -0.05) is 23.8 Å².